The molecule has 5 nitrogen and oxygen atoms in total. The van der Waals surface area contributed by atoms with Crippen molar-refractivity contribution in [2.75, 3.05) is 6.61 Å². The van der Waals surface area contributed by atoms with E-state index in [1.54, 1.807) is 6.92 Å². The van der Waals surface area contributed by atoms with Gasteiger partial charge in [0.05, 0.1) is 18.3 Å². The summed E-state index contributed by atoms with van der Waals surface area (Å²) in [7, 11) is 0. The van der Waals surface area contributed by atoms with E-state index in [1.807, 2.05) is 36.4 Å². The maximum atomic E-state index is 12.8. The van der Waals surface area contributed by atoms with Gasteiger partial charge >= 0.3 is 5.97 Å². The Hall–Kier alpha value is -2.47. The lowest BCUT2D eigenvalue weighted by Gasteiger charge is -2.14. The van der Waals surface area contributed by atoms with Crippen molar-refractivity contribution in [3.8, 4) is 10.4 Å². The van der Waals surface area contributed by atoms with Crippen molar-refractivity contribution in [2.45, 2.75) is 33.2 Å². The monoisotopic (exact) mass is 370 g/mol. The van der Waals surface area contributed by atoms with Crippen molar-refractivity contribution >= 4 is 27.5 Å². The number of aromatic nitrogens is 2. The molecule has 2 aromatic heterocycles. The van der Waals surface area contributed by atoms with E-state index in [1.165, 1.54) is 22.2 Å². The zero-order valence-electron chi connectivity index (χ0n) is 15.1. The number of ether oxygens (including phenoxy) is 1. The highest BCUT2D eigenvalue weighted by atomic mass is 32.1. The van der Waals surface area contributed by atoms with E-state index in [0.717, 1.165) is 16.9 Å². The highest BCUT2D eigenvalue weighted by Crippen LogP contribution is 2.30. The lowest BCUT2D eigenvalue weighted by Crippen LogP contribution is -2.29. The van der Waals surface area contributed by atoms with Crippen molar-refractivity contribution < 1.29 is 9.53 Å². The summed E-state index contributed by atoms with van der Waals surface area (Å²) in [6, 6.07) is 11.0. The lowest BCUT2D eigenvalue weighted by molar-refractivity contribution is -0.147. The first-order valence-corrected chi connectivity index (χ1v) is 9.51. The van der Waals surface area contributed by atoms with Gasteiger partial charge in [-0.1, -0.05) is 44.2 Å². The van der Waals surface area contributed by atoms with Gasteiger partial charge < -0.3 is 4.74 Å². The van der Waals surface area contributed by atoms with Crippen molar-refractivity contribution in [3.05, 3.63) is 53.1 Å². The molecule has 3 rings (SSSR count). The van der Waals surface area contributed by atoms with E-state index in [0.29, 0.717) is 22.7 Å². The van der Waals surface area contributed by atoms with Gasteiger partial charge in [-0.25, -0.2) is 9.78 Å². The second-order valence-corrected chi connectivity index (χ2v) is 7.71. The van der Waals surface area contributed by atoms with Gasteiger partial charge in [0.25, 0.3) is 5.56 Å². The van der Waals surface area contributed by atoms with Crippen LogP contribution in [0.2, 0.25) is 0 Å². The van der Waals surface area contributed by atoms with Crippen LogP contribution in [0, 0.1) is 5.92 Å². The molecule has 0 N–H and O–H groups in total. The Morgan fingerprint density at radius 2 is 1.96 bits per heavy atom. The number of carbonyl (C=O) groups is 1. The van der Waals surface area contributed by atoms with Gasteiger partial charge in [-0.3, -0.25) is 9.36 Å². The van der Waals surface area contributed by atoms with Crippen molar-refractivity contribution in [1.82, 2.24) is 9.55 Å². The van der Waals surface area contributed by atoms with Gasteiger partial charge in [0, 0.05) is 4.88 Å². The van der Waals surface area contributed by atoms with E-state index < -0.39 is 12.0 Å². The molecule has 0 aliphatic heterocycles. The van der Waals surface area contributed by atoms with Crippen LogP contribution in [0.1, 0.15) is 33.2 Å². The number of fused-ring (bicyclic) bond motifs is 1. The van der Waals surface area contributed by atoms with Crippen molar-refractivity contribution in [2.24, 2.45) is 5.92 Å². The zero-order valence-corrected chi connectivity index (χ0v) is 16.0. The summed E-state index contributed by atoms with van der Waals surface area (Å²) in [4.78, 5) is 31.1. The molecule has 0 bridgehead atoms. The molecule has 0 aliphatic carbocycles. The van der Waals surface area contributed by atoms with E-state index in [9.17, 15) is 9.59 Å². The fraction of sp³-hybridized carbons (Fsp3) is 0.350. The highest BCUT2D eigenvalue weighted by molar-refractivity contribution is 7.21. The molecule has 26 heavy (non-hydrogen) atoms. The summed E-state index contributed by atoms with van der Waals surface area (Å²) in [5.74, 6) is 0.0495. The van der Waals surface area contributed by atoms with E-state index in [2.05, 4.69) is 18.8 Å². The summed E-state index contributed by atoms with van der Waals surface area (Å²) < 4.78 is 6.64. The van der Waals surface area contributed by atoms with Crippen molar-refractivity contribution in [3.63, 3.8) is 0 Å². The Bertz CT molecular complexity index is 960. The number of hydrogen-bond donors (Lipinski definition) is 0. The quantitative estimate of drug-likeness (QED) is 0.608. The Morgan fingerprint density at radius 1 is 1.23 bits per heavy atom. The first kappa shape index (κ1) is 18.3. The fourth-order valence-electron chi connectivity index (χ4n) is 2.59. The minimum Gasteiger partial charge on any atom is -0.464 e. The molecule has 0 spiro atoms. The van der Waals surface area contributed by atoms with Crippen molar-refractivity contribution in [1.29, 1.82) is 0 Å². The van der Waals surface area contributed by atoms with Crippen LogP contribution in [-0.2, 0) is 9.53 Å². The molecule has 0 unspecified atom stereocenters. The van der Waals surface area contributed by atoms with Crippen LogP contribution in [-0.4, -0.2) is 22.1 Å². The van der Waals surface area contributed by atoms with Crippen LogP contribution in [0.25, 0.3) is 20.7 Å². The summed E-state index contributed by atoms with van der Waals surface area (Å²) in [5.41, 5.74) is 0.823. The smallest absolute Gasteiger partial charge is 0.328 e. The molecule has 0 aliphatic rings. The minimum atomic E-state index is -0.702. The number of carbonyl (C=O) groups excluding carboxylic acids is 1. The van der Waals surface area contributed by atoms with E-state index >= 15 is 0 Å². The summed E-state index contributed by atoms with van der Waals surface area (Å²) in [6.07, 6.45) is 2.24. The van der Waals surface area contributed by atoms with Gasteiger partial charge in [-0.05, 0) is 30.9 Å². The maximum Gasteiger partial charge on any atom is 0.328 e. The number of thiophene rings is 1. The SMILES string of the molecule is CC(C)CCOC(=O)[C@@H](C)n1cnc2sc(-c3ccccc3)cc2c1=O. The molecule has 0 fully saturated rings. The molecule has 3 aromatic rings. The molecule has 2 heterocycles. The molecule has 1 atom stereocenters. The number of hydrogen-bond acceptors (Lipinski definition) is 5. The number of nitrogens with zero attached hydrogens (tertiary/aromatic N) is 2. The summed E-state index contributed by atoms with van der Waals surface area (Å²) in [6.45, 7) is 6.17. The summed E-state index contributed by atoms with van der Waals surface area (Å²) in [5, 5.41) is 0.526. The van der Waals surface area contributed by atoms with Gasteiger partial charge in [0.15, 0.2) is 0 Å². The van der Waals surface area contributed by atoms with Crippen LogP contribution in [0.5, 0.6) is 0 Å². The first-order chi connectivity index (χ1) is 12.5. The normalized spacial score (nSPS) is 12.5. The predicted octanol–water partition coefficient (Wildman–Crippen LogP) is 4.28. The Balaban J connectivity index is 1.87. The molecule has 6 heteroatoms. The Kier molecular flexibility index (Phi) is 5.52. The molecule has 0 saturated carbocycles. The second-order valence-electron chi connectivity index (χ2n) is 6.68. The van der Waals surface area contributed by atoms with Crippen LogP contribution < -0.4 is 5.56 Å². The molecule has 1 aromatic carbocycles. The van der Waals surface area contributed by atoms with Gasteiger partial charge in [0.1, 0.15) is 10.9 Å². The van der Waals surface area contributed by atoms with Crippen LogP contribution >= 0.6 is 11.3 Å². The molecule has 0 amide bonds. The maximum absolute atomic E-state index is 12.8. The molecular formula is C20H22N2O3S. The van der Waals surface area contributed by atoms with Gasteiger partial charge in [-0.15, -0.1) is 11.3 Å². The van der Waals surface area contributed by atoms with E-state index in [-0.39, 0.29) is 5.56 Å². The second kappa shape index (κ2) is 7.83. The van der Waals surface area contributed by atoms with Gasteiger partial charge in [0.2, 0.25) is 0 Å². The standard InChI is InChI=1S/C20H22N2O3S/c1-13(2)9-10-25-20(24)14(3)22-12-21-18-16(19(22)23)11-17(26-18)15-7-5-4-6-8-15/h4-8,11-14H,9-10H2,1-3H3/t14-/m1/s1. The number of esters is 1. The van der Waals surface area contributed by atoms with Crippen LogP contribution in [0.15, 0.2) is 47.5 Å². The molecule has 0 radical (unpaired) electrons. The largest absolute Gasteiger partial charge is 0.464 e. The topological polar surface area (TPSA) is 61.2 Å². The Morgan fingerprint density at radius 3 is 2.65 bits per heavy atom. The predicted molar refractivity (Wildman–Crippen MR) is 104 cm³/mol. The third-order valence-electron chi connectivity index (χ3n) is 4.23. The average Bonchev–Trinajstić information content (AvgIpc) is 3.07. The lowest BCUT2D eigenvalue weighted by atomic mass is 10.1. The third-order valence-corrected chi connectivity index (χ3v) is 5.33. The average molecular weight is 370 g/mol. The first-order valence-electron chi connectivity index (χ1n) is 8.70. The minimum absolute atomic E-state index is 0.221. The van der Waals surface area contributed by atoms with Gasteiger partial charge in [-0.2, -0.15) is 0 Å². The third kappa shape index (κ3) is 3.85. The number of benzene rings is 1. The summed E-state index contributed by atoms with van der Waals surface area (Å²) >= 11 is 1.47. The zero-order chi connectivity index (χ0) is 18.7. The molecular weight excluding hydrogens is 348 g/mol. The molecule has 0 saturated heterocycles. The number of rotatable bonds is 6. The highest BCUT2D eigenvalue weighted by Gasteiger charge is 2.20. The fourth-order valence-corrected chi connectivity index (χ4v) is 3.58. The van der Waals surface area contributed by atoms with Crippen LogP contribution in [0.4, 0.5) is 0 Å². The molecule has 136 valence electrons. The van der Waals surface area contributed by atoms with Crippen LogP contribution in [0.3, 0.4) is 0 Å². The van der Waals surface area contributed by atoms with E-state index in [4.69, 9.17) is 4.74 Å². The Labute approximate surface area is 156 Å².